The summed E-state index contributed by atoms with van der Waals surface area (Å²) >= 11 is 0. The fraction of sp³-hybridized carbons (Fsp3) is 0.500. The lowest BCUT2D eigenvalue weighted by Crippen LogP contribution is -2.35. The van der Waals surface area contributed by atoms with Gasteiger partial charge in [-0.05, 0) is 24.1 Å². The van der Waals surface area contributed by atoms with Crippen LogP contribution in [0.4, 0.5) is 5.69 Å². The van der Waals surface area contributed by atoms with Crippen LogP contribution in [0.25, 0.3) is 0 Å². The summed E-state index contributed by atoms with van der Waals surface area (Å²) in [5.74, 6) is 0.518. The topological polar surface area (TPSA) is 96.0 Å². The number of carbonyl (C=O) groups excluding carboxylic acids is 1. The number of nitrogens with zero attached hydrogens (tertiary/aromatic N) is 1. The van der Waals surface area contributed by atoms with Gasteiger partial charge in [0.25, 0.3) is 0 Å². The lowest BCUT2D eigenvalue weighted by Gasteiger charge is -2.20. The largest absolute Gasteiger partial charge is 0.495 e. The van der Waals surface area contributed by atoms with Crippen molar-refractivity contribution in [3.8, 4) is 5.75 Å². The third-order valence-electron chi connectivity index (χ3n) is 3.01. The molecule has 0 radical (unpaired) electrons. The van der Waals surface area contributed by atoms with Gasteiger partial charge in [0.2, 0.25) is 5.91 Å². The number of benzene rings is 1. The summed E-state index contributed by atoms with van der Waals surface area (Å²) < 4.78 is 5.07. The molecule has 6 nitrogen and oxygen atoms in total. The number of nitrogens with two attached hydrogens (primary N) is 1. The molecule has 1 aromatic rings. The molecule has 6 heteroatoms. The number of hydrogen-bond donors (Lipinski definition) is 3. The Morgan fingerprint density at radius 2 is 1.95 bits per heavy atom. The molecular weight excluding hydrogens is 260 g/mol. The number of ether oxygens (including phenoxy) is 1. The van der Waals surface area contributed by atoms with E-state index in [1.165, 1.54) is 4.90 Å². The van der Waals surface area contributed by atoms with Gasteiger partial charge in [-0.25, -0.2) is 0 Å². The fourth-order valence-corrected chi connectivity index (χ4v) is 1.95. The Kier molecular flexibility index (Phi) is 6.83. The van der Waals surface area contributed by atoms with Crippen molar-refractivity contribution in [1.82, 2.24) is 4.90 Å². The molecule has 0 atom stereocenters. The zero-order valence-electron chi connectivity index (χ0n) is 11.7. The molecular formula is C14H22N2O4. The quantitative estimate of drug-likeness (QED) is 0.584. The molecule has 1 rings (SSSR count). The van der Waals surface area contributed by atoms with Crippen molar-refractivity contribution in [2.24, 2.45) is 0 Å². The zero-order valence-corrected chi connectivity index (χ0v) is 11.7. The second-order valence-electron chi connectivity index (χ2n) is 4.40. The zero-order chi connectivity index (χ0) is 15.0. The predicted molar refractivity (Wildman–Crippen MR) is 76.5 cm³/mol. The maximum absolute atomic E-state index is 12.0. The van der Waals surface area contributed by atoms with E-state index in [2.05, 4.69) is 0 Å². The molecule has 4 N–H and O–H groups in total. The van der Waals surface area contributed by atoms with Crippen LogP contribution in [0.3, 0.4) is 0 Å². The second kappa shape index (κ2) is 8.39. The summed E-state index contributed by atoms with van der Waals surface area (Å²) in [6.07, 6.45) is 0.867. The third-order valence-corrected chi connectivity index (χ3v) is 3.01. The Morgan fingerprint density at radius 3 is 2.45 bits per heavy atom. The highest BCUT2D eigenvalue weighted by molar-refractivity contribution is 5.76. The molecule has 0 saturated heterocycles. The van der Waals surface area contributed by atoms with Gasteiger partial charge in [0.1, 0.15) is 5.75 Å². The number of anilines is 1. The van der Waals surface area contributed by atoms with E-state index in [1.54, 1.807) is 19.2 Å². The number of rotatable bonds is 8. The average molecular weight is 282 g/mol. The SMILES string of the molecule is COc1ccc(CCC(=O)N(CCO)CCO)cc1N. The predicted octanol–water partition coefficient (Wildman–Crippen LogP) is 0.0232. The van der Waals surface area contributed by atoms with Crippen LogP contribution in [0.2, 0.25) is 0 Å². The number of aliphatic hydroxyl groups excluding tert-OH is 2. The maximum Gasteiger partial charge on any atom is 0.223 e. The first-order valence-electron chi connectivity index (χ1n) is 6.54. The number of nitrogen functional groups attached to an aromatic ring is 1. The van der Waals surface area contributed by atoms with Gasteiger partial charge in [-0.15, -0.1) is 0 Å². The molecule has 112 valence electrons. The minimum absolute atomic E-state index is 0.0949. The molecule has 0 bridgehead atoms. The molecule has 0 fully saturated rings. The highest BCUT2D eigenvalue weighted by atomic mass is 16.5. The Labute approximate surface area is 118 Å². The Morgan fingerprint density at radius 1 is 1.30 bits per heavy atom. The molecule has 0 spiro atoms. The van der Waals surface area contributed by atoms with Crippen molar-refractivity contribution in [3.63, 3.8) is 0 Å². The van der Waals surface area contributed by atoms with Crippen molar-refractivity contribution in [3.05, 3.63) is 23.8 Å². The van der Waals surface area contributed by atoms with E-state index in [0.29, 0.717) is 24.3 Å². The van der Waals surface area contributed by atoms with E-state index in [1.807, 2.05) is 6.07 Å². The molecule has 0 heterocycles. The van der Waals surface area contributed by atoms with E-state index >= 15 is 0 Å². The van der Waals surface area contributed by atoms with Crippen molar-refractivity contribution >= 4 is 11.6 Å². The average Bonchev–Trinajstić information content (AvgIpc) is 2.44. The van der Waals surface area contributed by atoms with Crippen molar-refractivity contribution in [2.45, 2.75) is 12.8 Å². The van der Waals surface area contributed by atoms with Gasteiger partial charge >= 0.3 is 0 Å². The number of aryl methyl sites for hydroxylation is 1. The van der Waals surface area contributed by atoms with Gasteiger partial charge in [0.05, 0.1) is 26.0 Å². The standard InChI is InChI=1S/C14H22N2O4/c1-20-13-4-2-11(10-12(13)15)3-5-14(19)16(6-8-17)7-9-18/h2,4,10,17-18H,3,5-9,15H2,1H3. The van der Waals surface area contributed by atoms with Crippen LogP contribution in [-0.4, -0.2) is 54.4 Å². The normalized spacial score (nSPS) is 10.3. The van der Waals surface area contributed by atoms with Crippen LogP contribution in [0.1, 0.15) is 12.0 Å². The van der Waals surface area contributed by atoms with Gasteiger partial charge in [-0.3, -0.25) is 4.79 Å². The van der Waals surface area contributed by atoms with E-state index in [0.717, 1.165) is 5.56 Å². The second-order valence-corrected chi connectivity index (χ2v) is 4.40. The molecule has 0 aliphatic carbocycles. The number of methoxy groups -OCH3 is 1. The van der Waals surface area contributed by atoms with Crippen LogP contribution in [-0.2, 0) is 11.2 Å². The first kappa shape index (κ1) is 16.3. The number of hydrogen-bond acceptors (Lipinski definition) is 5. The Hall–Kier alpha value is -1.79. The summed E-state index contributed by atoms with van der Waals surface area (Å²) in [6.45, 7) is 0.261. The summed E-state index contributed by atoms with van der Waals surface area (Å²) in [4.78, 5) is 13.4. The molecule has 0 aliphatic rings. The van der Waals surface area contributed by atoms with Crippen LogP contribution >= 0.6 is 0 Å². The first-order valence-corrected chi connectivity index (χ1v) is 6.54. The summed E-state index contributed by atoms with van der Waals surface area (Å²) in [6, 6.07) is 5.42. The van der Waals surface area contributed by atoms with Crippen molar-refractivity contribution in [1.29, 1.82) is 0 Å². The van der Waals surface area contributed by atoms with Crippen LogP contribution < -0.4 is 10.5 Å². The minimum atomic E-state index is -0.110. The highest BCUT2D eigenvalue weighted by Crippen LogP contribution is 2.22. The first-order chi connectivity index (χ1) is 9.62. The summed E-state index contributed by atoms with van der Waals surface area (Å²) in [7, 11) is 1.55. The van der Waals surface area contributed by atoms with E-state index in [-0.39, 0.29) is 32.2 Å². The van der Waals surface area contributed by atoms with Crippen LogP contribution in [0.15, 0.2) is 18.2 Å². The lowest BCUT2D eigenvalue weighted by atomic mass is 10.1. The Bertz CT molecular complexity index is 431. The lowest BCUT2D eigenvalue weighted by molar-refractivity contribution is -0.132. The molecule has 0 aromatic heterocycles. The minimum Gasteiger partial charge on any atom is -0.495 e. The molecule has 0 saturated carbocycles. The monoisotopic (exact) mass is 282 g/mol. The van der Waals surface area contributed by atoms with Gasteiger partial charge < -0.3 is 25.6 Å². The summed E-state index contributed by atoms with van der Waals surface area (Å²) in [5, 5.41) is 17.8. The molecule has 0 unspecified atom stereocenters. The Balaban J connectivity index is 2.57. The molecule has 1 amide bonds. The van der Waals surface area contributed by atoms with E-state index in [9.17, 15) is 4.79 Å². The van der Waals surface area contributed by atoms with Crippen molar-refractivity contribution in [2.75, 3.05) is 39.1 Å². The van der Waals surface area contributed by atoms with Gasteiger partial charge in [0.15, 0.2) is 0 Å². The third kappa shape index (κ3) is 4.71. The van der Waals surface area contributed by atoms with Crippen LogP contribution in [0, 0.1) is 0 Å². The van der Waals surface area contributed by atoms with Crippen LogP contribution in [0.5, 0.6) is 5.75 Å². The van der Waals surface area contributed by atoms with E-state index < -0.39 is 0 Å². The molecule has 20 heavy (non-hydrogen) atoms. The maximum atomic E-state index is 12.0. The smallest absolute Gasteiger partial charge is 0.223 e. The number of amides is 1. The number of aliphatic hydroxyl groups is 2. The van der Waals surface area contributed by atoms with Gasteiger partial charge in [-0.2, -0.15) is 0 Å². The van der Waals surface area contributed by atoms with Gasteiger partial charge in [0, 0.05) is 19.5 Å². The van der Waals surface area contributed by atoms with Crippen molar-refractivity contribution < 1.29 is 19.7 Å². The molecule has 0 aliphatic heterocycles. The fourth-order valence-electron chi connectivity index (χ4n) is 1.95. The van der Waals surface area contributed by atoms with Gasteiger partial charge in [-0.1, -0.05) is 6.07 Å². The molecule has 1 aromatic carbocycles. The van der Waals surface area contributed by atoms with E-state index in [4.69, 9.17) is 20.7 Å². The number of carbonyl (C=O) groups is 1. The highest BCUT2D eigenvalue weighted by Gasteiger charge is 2.12. The summed E-state index contributed by atoms with van der Waals surface area (Å²) in [5.41, 5.74) is 7.30.